The van der Waals surface area contributed by atoms with Gasteiger partial charge in [0.25, 0.3) is 6.43 Å². The molecule has 2 N–H and O–H groups in total. The van der Waals surface area contributed by atoms with Crippen molar-refractivity contribution in [2.75, 3.05) is 18.9 Å². The second-order valence-corrected chi connectivity index (χ2v) is 4.29. The zero-order valence-corrected chi connectivity index (χ0v) is 11.0. The molecule has 1 rings (SSSR count). The molecule has 0 aliphatic heterocycles. The lowest BCUT2D eigenvalue weighted by atomic mass is 10.1. The van der Waals surface area contributed by atoms with Gasteiger partial charge in [0.1, 0.15) is 0 Å². The maximum Gasteiger partial charge on any atom is 0.321 e. The molecule has 1 aromatic rings. The molecule has 0 unspecified atom stereocenters. The number of urea groups is 1. The van der Waals surface area contributed by atoms with Gasteiger partial charge in [-0.05, 0) is 24.1 Å². The maximum absolute atomic E-state index is 12.1. The van der Waals surface area contributed by atoms with Crippen LogP contribution in [0.15, 0.2) is 24.3 Å². The Morgan fingerprint density at radius 1 is 1.30 bits per heavy atom. The SMILES string of the molecule is CN(CC(F)F)C(=O)Nc1ccc(CCC(=O)O)cc1. The Labute approximate surface area is 115 Å². The highest BCUT2D eigenvalue weighted by Crippen LogP contribution is 2.12. The molecule has 20 heavy (non-hydrogen) atoms. The molecule has 2 amide bonds. The second kappa shape index (κ2) is 7.42. The number of hydrogen-bond acceptors (Lipinski definition) is 2. The number of alkyl halides is 2. The number of halogens is 2. The van der Waals surface area contributed by atoms with Crippen molar-refractivity contribution in [3.63, 3.8) is 0 Å². The lowest BCUT2D eigenvalue weighted by molar-refractivity contribution is -0.136. The van der Waals surface area contributed by atoms with E-state index in [0.29, 0.717) is 12.1 Å². The minimum Gasteiger partial charge on any atom is -0.481 e. The van der Waals surface area contributed by atoms with Crippen LogP contribution in [0.4, 0.5) is 19.3 Å². The second-order valence-electron chi connectivity index (χ2n) is 4.29. The van der Waals surface area contributed by atoms with Crippen LogP contribution in [0.25, 0.3) is 0 Å². The van der Waals surface area contributed by atoms with E-state index in [2.05, 4.69) is 5.32 Å². The van der Waals surface area contributed by atoms with Gasteiger partial charge < -0.3 is 15.3 Å². The summed E-state index contributed by atoms with van der Waals surface area (Å²) in [6.07, 6.45) is -2.15. The molecule has 0 saturated carbocycles. The maximum atomic E-state index is 12.1. The van der Waals surface area contributed by atoms with Crippen LogP contribution < -0.4 is 5.32 Å². The molecule has 0 bridgehead atoms. The van der Waals surface area contributed by atoms with Gasteiger partial charge in [0.05, 0.1) is 6.54 Å². The van der Waals surface area contributed by atoms with Gasteiger partial charge in [-0.3, -0.25) is 4.79 Å². The van der Waals surface area contributed by atoms with Crippen molar-refractivity contribution in [3.05, 3.63) is 29.8 Å². The quantitative estimate of drug-likeness (QED) is 0.843. The number of amides is 2. The van der Waals surface area contributed by atoms with Crippen LogP contribution in [0.1, 0.15) is 12.0 Å². The van der Waals surface area contributed by atoms with Crippen LogP contribution in [0.3, 0.4) is 0 Å². The summed E-state index contributed by atoms with van der Waals surface area (Å²) in [5.41, 5.74) is 1.29. The normalized spacial score (nSPS) is 10.4. The number of nitrogens with one attached hydrogen (secondary N) is 1. The van der Waals surface area contributed by atoms with Crippen LogP contribution in [0.2, 0.25) is 0 Å². The monoisotopic (exact) mass is 286 g/mol. The van der Waals surface area contributed by atoms with Crippen LogP contribution in [0.5, 0.6) is 0 Å². The number of aryl methyl sites for hydroxylation is 1. The van der Waals surface area contributed by atoms with Crippen molar-refractivity contribution in [2.24, 2.45) is 0 Å². The topological polar surface area (TPSA) is 69.6 Å². The van der Waals surface area contributed by atoms with E-state index in [9.17, 15) is 18.4 Å². The van der Waals surface area contributed by atoms with E-state index in [1.54, 1.807) is 24.3 Å². The molecule has 110 valence electrons. The van der Waals surface area contributed by atoms with Gasteiger partial charge >= 0.3 is 12.0 Å². The molecule has 0 spiro atoms. The van der Waals surface area contributed by atoms with Crippen LogP contribution in [-0.4, -0.2) is 42.0 Å². The van der Waals surface area contributed by atoms with E-state index in [-0.39, 0.29) is 6.42 Å². The summed E-state index contributed by atoms with van der Waals surface area (Å²) in [4.78, 5) is 22.9. The summed E-state index contributed by atoms with van der Waals surface area (Å²) in [7, 11) is 1.28. The number of hydrogen-bond donors (Lipinski definition) is 2. The van der Waals surface area contributed by atoms with Crippen molar-refractivity contribution in [2.45, 2.75) is 19.3 Å². The van der Waals surface area contributed by atoms with E-state index >= 15 is 0 Å². The molecule has 0 heterocycles. The Morgan fingerprint density at radius 3 is 2.40 bits per heavy atom. The van der Waals surface area contributed by atoms with Crippen LogP contribution >= 0.6 is 0 Å². The molecule has 0 atom stereocenters. The van der Waals surface area contributed by atoms with Crippen LogP contribution in [-0.2, 0) is 11.2 Å². The predicted molar refractivity (Wildman–Crippen MR) is 70.1 cm³/mol. The van der Waals surface area contributed by atoms with Crippen molar-refractivity contribution >= 4 is 17.7 Å². The number of aliphatic carboxylic acids is 1. The Balaban J connectivity index is 2.52. The average Bonchev–Trinajstić information content (AvgIpc) is 2.37. The Morgan fingerprint density at radius 2 is 1.90 bits per heavy atom. The van der Waals surface area contributed by atoms with Gasteiger partial charge in [0.2, 0.25) is 0 Å². The Bertz CT molecular complexity index is 463. The highest BCUT2D eigenvalue weighted by atomic mass is 19.3. The van der Waals surface area contributed by atoms with Gasteiger partial charge in [-0.25, -0.2) is 13.6 Å². The molecule has 1 aromatic carbocycles. The van der Waals surface area contributed by atoms with E-state index < -0.39 is 25.0 Å². The zero-order chi connectivity index (χ0) is 15.1. The number of nitrogens with zero attached hydrogens (tertiary/aromatic N) is 1. The van der Waals surface area contributed by atoms with Gasteiger partial charge in [0, 0.05) is 19.2 Å². The van der Waals surface area contributed by atoms with Crippen molar-refractivity contribution in [1.82, 2.24) is 4.90 Å². The third-order valence-electron chi connectivity index (χ3n) is 2.59. The fraction of sp³-hybridized carbons (Fsp3) is 0.385. The van der Waals surface area contributed by atoms with Crippen molar-refractivity contribution in [3.8, 4) is 0 Å². The zero-order valence-electron chi connectivity index (χ0n) is 11.0. The summed E-state index contributed by atoms with van der Waals surface area (Å²) in [6.45, 7) is -0.636. The molecule has 0 aliphatic carbocycles. The highest BCUT2D eigenvalue weighted by Gasteiger charge is 2.13. The lowest BCUT2D eigenvalue weighted by Crippen LogP contribution is -2.34. The first-order valence-corrected chi connectivity index (χ1v) is 5.99. The van der Waals surface area contributed by atoms with Gasteiger partial charge in [-0.1, -0.05) is 12.1 Å². The molecule has 0 fully saturated rings. The molecule has 7 heteroatoms. The first-order valence-electron chi connectivity index (χ1n) is 5.99. The number of rotatable bonds is 6. The molecule has 0 saturated heterocycles. The number of benzene rings is 1. The van der Waals surface area contributed by atoms with Gasteiger partial charge in [-0.15, -0.1) is 0 Å². The molecule has 0 radical (unpaired) electrons. The van der Waals surface area contributed by atoms with Crippen molar-refractivity contribution < 1.29 is 23.5 Å². The number of anilines is 1. The Kier molecular flexibility index (Phi) is 5.89. The standard InChI is InChI=1S/C13H16F2N2O3/c1-17(8-11(14)15)13(20)16-10-5-2-9(3-6-10)4-7-12(18)19/h2-3,5-6,11H,4,7-8H2,1H3,(H,16,20)(H,18,19). The summed E-state index contributed by atoms with van der Waals surface area (Å²) < 4.78 is 24.2. The number of carbonyl (C=O) groups is 2. The number of carboxylic acid groups (broad SMARTS) is 1. The largest absolute Gasteiger partial charge is 0.481 e. The average molecular weight is 286 g/mol. The smallest absolute Gasteiger partial charge is 0.321 e. The van der Waals surface area contributed by atoms with Gasteiger partial charge in [0.15, 0.2) is 0 Å². The first-order chi connectivity index (χ1) is 9.38. The summed E-state index contributed by atoms with van der Waals surface area (Å²) >= 11 is 0. The summed E-state index contributed by atoms with van der Waals surface area (Å²) in [5, 5.41) is 11.0. The van der Waals surface area contributed by atoms with Crippen molar-refractivity contribution in [1.29, 1.82) is 0 Å². The predicted octanol–water partition coefficient (Wildman–Crippen LogP) is 2.43. The van der Waals surface area contributed by atoms with E-state index in [4.69, 9.17) is 5.11 Å². The Hall–Kier alpha value is -2.18. The molecular weight excluding hydrogens is 270 g/mol. The third-order valence-corrected chi connectivity index (χ3v) is 2.59. The van der Waals surface area contributed by atoms with E-state index in [0.717, 1.165) is 10.5 Å². The van der Waals surface area contributed by atoms with Crippen LogP contribution in [0, 0.1) is 0 Å². The summed E-state index contributed by atoms with van der Waals surface area (Å²) in [5.74, 6) is -0.879. The van der Waals surface area contributed by atoms with E-state index in [1.165, 1.54) is 7.05 Å². The fourth-order valence-corrected chi connectivity index (χ4v) is 1.51. The van der Waals surface area contributed by atoms with E-state index in [1.807, 2.05) is 0 Å². The molecule has 5 nitrogen and oxygen atoms in total. The molecule has 0 aliphatic rings. The summed E-state index contributed by atoms with van der Waals surface area (Å²) in [6, 6.07) is 5.96. The number of carbonyl (C=O) groups excluding carboxylic acids is 1. The fourth-order valence-electron chi connectivity index (χ4n) is 1.51. The lowest BCUT2D eigenvalue weighted by Gasteiger charge is -2.17. The highest BCUT2D eigenvalue weighted by molar-refractivity contribution is 5.89. The van der Waals surface area contributed by atoms with Gasteiger partial charge in [-0.2, -0.15) is 0 Å². The number of carboxylic acids is 1. The first kappa shape index (κ1) is 15.9. The minimum atomic E-state index is -2.58. The molecule has 0 aromatic heterocycles. The third kappa shape index (κ3) is 5.64. The minimum absolute atomic E-state index is 0.0306. The molecular formula is C13H16F2N2O3.